The molecule has 0 fully saturated rings. The Balaban J connectivity index is -0.000000600. The smallest absolute Gasteiger partial charge is 0.309 e. The molecule has 0 aromatic carbocycles. The van der Waals surface area contributed by atoms with Crippen molar-refractivity contribution in [2.24, 2.45) is 11.5 Å². The average molecular weight is 437 g/mol. The molecule has 0 heterocycles. The van der Waals surface area contributed by atoms with Gasteiger partial charge >= 0.3 is 12.0 Å². The molecule has 8 N–H and O–H groups in total. The van der Waals surface area contributed by atoms with Crippen LogP contribution in [0.15, 0.2) is 0 Å². The fourth-order valence-electron chi connectivity index (χ4n) is 2.71. The van der Waals surface area contributed by atoms with E-state index in [4.69, 9.17) is 25.2 Å². The third kappa shape index (κ3) is 45.4. The van der Waals surface area contributed by atoms with E-state index in [-0.39, 0.29) is 13.2 Å². The standard InChI is InChI=1S/C18H36O2.C3H8O3.CH4N2O/c1-2-3-4-5-6-7-8-9-10-11-12-13-14-15-16-17-18(19)20;4-1-3(6)2-5;2-1(3)4/h2-17H2,1H3,(H,19,20);3-6H,1-2H2;(H4,2,3,4). The van der Waals surface area contributed by atoms with Crippen molar-refractivity contribution in [2.75, 3.05) is 13.2 Å². The lowest BCUT2D eigenvalue weighted by Crippen LogP contribution is -2.18. The van der Waals surface area contributed by atoms with Gasteiger partial charge in [-0.3, -0.25) is 4.79 Å². The van der Waals surface area contributed by atoms with Crippen LogP contribution in [0.25, 0.3) is 0 Å². The van der Waals surface area contributed by atoms with Gasteiger partial charge in [0.2, 0.25) is 0 Å². The van der Waals surface area contributed by atoms with E-state index in [0.717, 1.165) is 12.8 Å². The molecule has 0 rings (SSSR count). The molecule has 2 amide bonds. The van der Waals surface area contributed by atoms with Gasteiger partial charge in [-0.15, -0.1) is 0 Å². The van der Waals surface area contributed by atoms with Gasteiger partial charge in [0, 0.05) is 6.42 Å². The minimum atomic E-state index is -0.954. The molecule has 8 nitrogen and oxygen atoms in total. The van der Waals surface area contributed by atoms with Crippen LogP contribution in [0.5, 0.6) is 0 Å². The topological polar surface area (TPSA) is 167 Å². The minimum Gasteiger partial charge on any atom is -0.481 e. The highest BCUT2D eigenvalue weighted by atomic mass is 16.4. The number of carboxylic acids is 1. The van der Waals surface area contributed by atoms with Gasteiger partial charge in [0.25, 0.3) is 0 Å². The summed E-state index contributed by atoms with van der Waals surface area (Å²) in [6.45, 7) is 1.54. The molecule has 0 spiro atoms. The minimum absolute atomic E-state index is 0.345. The number of hydrogen-bond acceptors (Lipinski definition) is 5. The molecule has 0 unspecified atom stereocenters. The van der Waals surface area contributed by atoms with E-state index in [1.807, 2.05) is 0 Å². The second kappa shape index (κ2) is 29.8. The Labute approximate surface area is 183 Å². The van der Waals surface area contributed by atoms with Crippen molar-refractivity contribution in [3.63, 3.8) is 0 Å². The summed E-state index contributed by atoms with van der Waals surface area (Å²) in [5.74, 6) is -0.653. The van der Waals surface area contributed by atoms with E-state index < -0.39 is 18.1 Å². The van der Waals surface area contributed by atoms with Crippen molar-refractivity contribution < 1.29 is 30.0 Å². The summed E-state index contributed by atoms with van der Waals surface area (Å²) in [6, 6.07) is -0.833. The van der Waals surface area contributed by atoms with Gasteiger partial charge in [-0.1, -0.05) is 96.8 Å². The largest absolute Gasteiger partial charge is 0.481 e. The first-order chi connectivity index (χ1) is 14.3. The summed E-state index contributed by atoms with van der Waals surface area (Å²) >= 11 is 0. The number of urea groups is 1. The monoisotopic (exact) mass is 436 g/mol. The molecule has 0 radical (unpaired) electrons. The average Bonchev–Trinajstić information content (AvgIpc) is 2.70. The van der Waals surface area contributed by atoms with Crippen LogP contribution in [0.1, 0.15) is 110 Å². The molecule has 30 heavy (non-hydrogen) atoms. The van der Waals surface area contributed by atoms with Gasteiger partial charge in [-0.2, -0.15) is 0 Å². The van der Waals surface area contributed by atoms with Crippen LogP contribution in [0.2, 0.25) is 0 Å². The van der Waals surface area contributed by atoms with Gasteiger partial charge in [0.1, 0.15) is 6.10 Å². The van der Waals surface area contributed by atoms with Crippen LogP contribution < -0.4 is 11.5 Å². The molecule has 0 aromatic rings. The van der Waals surface area contributed by atoms with E-state index in [9.17, 15) is 4.79 Å². The van der Waals surface area contributed by atoms with E-state index in [2.05, 4.69) is 18.4 Å². The highest BCUT2D eigenvalue weighted by Crippen LogP contribution is 2.13. The number of aliphatic hydroxyl groups excluding tert-OH is 3. The molecule has 0 aliphatic carbocycles. The van der Waals surface area contributed by atoms with Crippen molar-refractivity contribution in [2.45, 2.75) is 116 Å². The molecule has 0 saturated carbocycles. The third-order valence-corrected chi connectivity index (χ3v) is 4.42. The van der Waals surface area contributed by atoms with Gasteiger partial charge in [-0.05, 0) is 6.42 Å². The van der Waals surface area contributed by atoms with Crippen molar-refractivity contribution in [1.82, 2.24) is 0 Å². The Bertz CT molecular complexity index is 349. The Hall–Kier alpha value is -1.38. The van der Waals surface area contributed by atoms with Gasteiger partial charge < -0.3 is 31.9 Å². The second-order valence-electron chi connectivity index (χ2n) is 7.51. The van der Waals surface area contributed by atoms with Crippen molar-refractivity contribution in [1.29, 1.82) is 0 Å². The van der Waals surface area contributed by atoms with Crippen LogP contribution in [0.4, 0.5) is 4.79 Å². The molecule has 0 aliphatic heterocycles. The first-order valence-electron chi connectivity index (χ1n) is 11.5. The molecule has 0 bridgehead atoms. The lowest BCUT2D eigenvalue weighted by Gasteiger charge is -2.03. The number of aliphatic carboxylic acids is 1. The zero-order valence-corrected chi connectivity index (χ0v) is 19.1. The maximum atomic E-state index is 10.3. The molecular weight excluding hydrogens is 388 g/mol. The first-order valence-corrected chi connectivity index (χ1v) is 11.5. The fraction of sp³-hybridized carbons (Fsp3) is 0.909. The van der Waals surface area contributed by atoms with Crippen molar-refractivity contribution in [3.8, 4) is 0 Å². The van der Waals surface area contributed by atoms with E-state index in [0.29, 0.717) is 6.42 Å². The Morgan fingerprint density at radius 2 is 0.933 bits per heavy atom. The first kappa shape index (κ1) is 33.3. The highest BCUT2D eigenvalue weighted by molar-refractivity contribution is 5.69. The van der Waals surface area contributed by atoms with Crippen LogP contribution in [-0.4, -0.2) is 51.7 Å². The number of carbonyl (C=O) groups is 2. The number of amides is 2. The molecular formula is C22H48N2O6. The number of primary amides is 2. The van der Waals surface area contributed by atoms with Crippen LogP contribution in [0.3, 0.4) is 0 Å². The summed E-state index contributed by atoms with van der Waals surface area (Å²) < 4.78 is 0. The molecule has 182 valence electrons. The number of rotatable bonds is 18. The lowest BCUT2D eigenvalue weighted by molar-refractivity contribution is -0.137. The summed E-state index contributed by atoms with van der Waals surface area (Å²) in [5.41, 5.74) is 8.50. The molecule has 0 aromatic heterocycles. The number of unbranched alkanes of at least 4 members (excludes halogenated alkanes) is 14. The predicted molar refractivity (Wildman–Crippen MR) is 121 cm³/mol. The quantitative estimate of drug-likeness (QED) is 0.179. The maximum absolute atomic E-state index is 10.3. The van der Waals surface area contributed by atoms with Crippen LogP contribution >= 0.6 is 0 Å². The SMILES string of the molecule is CCCCCCCCCCCCCCCCCC(=O)O.NC(N)=O.OCC(O)CO. The van der Waals surface area contributed by atoms with Crippen LogP contribution in [-0.2, 0) is 4.79 Å². The highest BCUT2D eigenvalue weighted by Gasteiger charge is 1.97. The number of aliphatic hydroxyl groups is 3. The fourth-order valence-corrected chi connectivity index (χ4v) is 2.71. The summed E-state index contributed by atoms with van der Waals surface area (Å²) in [5, 5.41) is 32.5. The number of carboxylic acid groups (broad SMARTS) is 1. The summed E-state index contributed by atoms with van der Waals surface area (Å²) in [4.78, 5) is 19.3. The van der Waals surface area contributed by atoms with E-state index in [1.165, 1.54) is 83.5 Å². The van der Waals surface area contributed by atoms with Crippen LogP contribution in [0, 0.1) is 0 Å². The third-order valence-electron chi connectivity index (χ3n) is 4.42. The van der Waals surface area contributed by atoms with Crippen molar-refractivity contribution >= 4 is 12.0 Å². The Morgan fingerprint density at radius 1 is 0.667 bits per heavy atom. The summed E-state index contributed by atoms with van der Waals surface area (Å²) in [6.07, 6.45) is 19.2. The zero-order valence-electron chi connectivity index (χ0n) is 19.1. The lowest BCUT2D eigenvalue weighted by atomic mass is 10.0. The maximum Gasteiger partial charge on any atom is 0.309 e. The van der Waals surface area contributed by atoms with E-state index in [1.54, 1.807) is 0 Å². The second-order valence-corrected chi connectivity index (χ2v) is 7.51. The number of nitrogens with two attached hydrogens (primary N) is 2. The normalized spacial score (nSPS) is 10.0. The van der Waals surface area contributed by atoms with E-state index >= 15 is 0 Å². The molecule has 0 aliphatic rings. The van der Waals surface area contributed by atoms with Crippen molar-refractivity contribution in [3.05, 3.63) is 0 Å². The van der Waals surface area contributed by atoms with Gasteiger partial charge in [0.05, 0.1) is 13.2 Å². The van der Waals surface area contributed by atoms with Gasteiger partial charge in [-0.25, -0.2) is 4.79 Å². The Kier molecular flexibility index (Phi) is 33.1. The molecule has 0 saturated heterocycles. The van der Waals surface area contributed by atoms with Gasteiger partial charge in [0.15, 0.2) is 0 Å². The number of carbonyl (C=O) groups excluding carboxylic acids is 1. The zero-order chi connectivity index (χ0) is 23.5. The Morgan fingerprint density at radius 3 is 1.13 bits per heavy atom. The molecule has 0 atom stereocenters. The molecule has 8 heteroatoms. The predicted octanol–water partition coefficient (Wildman–Crippen LogP) is 3.69. The summed E-state index contributed by atoms with van der Waals surface area (Å²) in [7, 11) is 0. The number of hydrogen-bond donors (Lipinski definition) is 6.